The standard InChI is InChI=1S/C16H24FN/c1-4-13(2)16-10-9-15(17)12-14(16)8-6-5-7-11-18-3/h9-10,12,18H,2,4-8,11H2,1,3H3. The Morgan fingerprint density at radius 2 is 2.06 bits per heavy atom. The molecule has 0 heterocycles. The van der Waals surface area contributed by atoms with Crippen molar-refractivity contribution in [3.05, 3.63) is 41.7 Å². The molecule has 1 aromatic carbocycles. The molecule has 0 unspecified atom stereocenters. The van der Waals surface area contributed by atoms with Crippen molar-refractivity contribution in [2.24, 2.45) is 0 Å². The number of unbranched alkanes of at least 4 members (excludes halogenated alkanes) is 2. The Bertz CT molecular complexity index is 385. The van der Waals surface area contributed by atoms with Crippen LogP contribution in [0.2, 0.25) is 0 Å². The molecular weight excluding hydrogens is 225 g/mol. The second-order valence-corrected chi connectivity index (χ2v) is 4.67. The van der Waals surface area contributed by atoms with Crippen LogP contribution in [0.5, 0.6) is 0 Å². The van der Waals surface area contributed by atoms with Gasteiger partial charge in [0, 0.05) is 0 Å². The molecule has 0 fully saturated rings. The number of aryl methyl sites for hydroxylation is 1. The molecule has 0 aliphatic heterocycles. The summed E-state index contributed by atoms with van der Waals surface area (Å²) in [5.41, 5.74) is 3.33. The van der Waals surface area contributed by atoms with E-state index in [-0.39, 0.29) is 5.82 Å². The van der Waals surface area contributed by atoms with E-state index in [1.54, 1.807) is 6.07 Å². The summed E-state index contributed by atoms with van der Waals surface area (Å²) < 4.78 is 13.3. The average molecular weight is 249 g/mol. The molecule has 0 saturated heterocycles. The minimum Gasteiger partial charge on any atom is -0.320 e. The number of hydrogen-bond acceptors (Lipinski definition) is 1. The van der Waals surface area contributed by atoms with Crippen LogP contribution < -0.4 is 5.32 Å². The first kappa shape index (κ1) is 14.9. The summed E-state index contributed by atoms with van der Waals surface area (Å²) in [6, 6.07) is 5.05. The van der Waals surface area contributed by atoms with Gasteiger partial charge in [0.05, 0.1) is 0 Å². The minimum atomic E-state index is -0.145. The molecule has 0 radical (unpaired) electrons. The van der Waals surface area contributed by atoms with Crippen molar-refractivity contribution in [1.29, 1.82) is 0 Å². The third-order valence-electron chi connectivity index (χ3n) is 3.25. The number of rotatable bonds is 8. The first-order valence-electron chi connectivity index (χ1n) is 6.80. The lowest BCUT2D eigenvalue weighted by Crippen LogP contribution is -2.07. The number of benzene rings is 1. The van der Waals surface area contributed by atoms with E-state index in [2.05, 4.69) is 18.8 Å². The molecule has 0 aromatic heterocycles. The summed E-state index contributed by atoms with van der Waals surface area (Å²) >= 11 is 0. The van der Waals surface area contributed by atoms with Crippen LogP contribution in [0.25, 0.3) is 5.57 Å². The topological polar surface area (TPSA) is 12.0 Å². The monoisotopic (exact) mass is 249 g/mol. The van der Waals surface area contributed by atoms with E-state index >= 15 is 0 Å². The van der Waals surface area contributed by atoms with E-state index in [4.69, 9.17) is 0 Å². The maximum atomic E-state index is 13.3. The van der Waals surface area contributed by atoms with Crippen molar-refractivity contribution >= 4 is 5.57 Å². The van der Waals surface area contributed by atoms with E-state index in [9.17, 15) is 4.39 Å². The Morgan fingerprint density at radius 1 is 1.28 bits per heavy atom. The maximum absolute atomic E-state index is 13.3. The van der Waals surface area contributed by atoms with Crippen LogP contribution in [0.4, 0.5) is 4.39 Å². The molecule has 1 N–H and O–H groups in total. The van der Waals surface area contributed by atoms with Gasteiger partial charge in [-0.05, 0) is 68.1 Å². The number of halogens is 1. The second-order valence-electron chi connectivity index (χ2n) is 4.67. The quantitative estimate of drug-likeness (QED) is 0.681. The van der Waals surface area contributed by atoms with Crippen LogP contribution in [0.1, 0.15) is 43.7 Å². The fourth-order valence-corrected chi connectivity index (χ4v) is 2.10. The molecule has 1 rings (SSSR count). The molecule has 1 aromatic rings. The highest BCUT2D eigenvalue weighted by atomic mass is 19.1. The van der Waals surface area contributed by atoms with E-state index in [1.807, 2.05) is 13.1 Å². The van der Waals surface area contributed by atoms with Gasteiger partial charge in [-0.15, -0.1) is 0 Å². The van der Waals surface area contributed by atoms with Gasteiger partial charge in [-0.2, -0.15) is 0 Å². The van der Waals surface area contributed by atoms with Crippen molar-refractivity contribution in [1.82, 2.24) is 5.32 Å². The van der Waals surface area contributed by atoms with E-state index < -0.39 is 0 Å². The first-order chi connectivity index (χ1) is 8.69. The van der Waals surface area contributed by atoms with Crippen molar-refractivity contribution in [2.75, 3.05) is 13.6 Å². The molecule has 18 heavy (non-hydrogen) atoms. The fraction of sp³-hybridized carbons (Fsp3) is 0.500. The van der Waals surface area contributed by atoms with Gasteiger partial charge in [0.1, 0.15) is 5.82 Å². The average Bonchev–Trinajstić information content (AvgIpc) is 2.38. The summed E-state index contributed by atoms with van der Waals surface area (Å²) in [4.78, 5) is 0. The molecule has 0 atom stereocenters. The molecule has 0 aliphatic carbocycles. The molecule has 0 aliphatic rings. The van der Waals surface area contributed by atoms with Crippen LogP contribution in [-0.4, -0.2) is 13.6 Å². The van der Waals surface area contributed by atoms with Gasteiger partial charge in [0.2, 0.25) is 0 Å². The summed E-state index contributed by atoms with van der Waals surface area (Å²) in [5, 5.41) is 3.14. The Labute approximate surface area is 110 Å². The predicted octanol–water partition coefficient (Wildman–Crippen LogP) is 4.18. The molecule has 0 spiro atoms. The Kier molecular flexibility index (Phi) is 6.66. The summed E-state index contributed by atoms with van der Waals surface area (Å²) in [6.07, 6.45) is 5.31. The van der Waals surface area contributed by atoms with Crippen LogP contribution in [0, 0.1) is 5.82 Å². The van der Waals surface area contributed by atoms with Gasteiger partial charge >= 0.3 is 0 Å². The van der Waals surface area contributed by atoms with Crippen molar-refractivity contribution in [3.8, 4) is 0 Å². The number of allylic oxidation sites excluding steroid dienone is 1. The van der Waals surface area contributed by atoms with Crippen molar-refractivity contribution in [2.45, 2.75) is 39.0 Å². The second kappa shape index (κ2) is 8.04. The molecular formula is C16H24FN. The van der Waals surface area contributed by atoms with Crippen LogP contribution in [0.15, 0.2) is 24.8 Å². The maximum Gasteiger partial charge on any atom is 0.123 e. The molecule has 1 nitrogen and oxygen atoms in total. The molecule has 100 valence electrons. The zero-order valence-corrected chi connectivity index (χ0v) is 11.6. The Morgan fingerprint density at radius 3 is 2.72 bits per heavy atom. The number of hydrogen-bond donors (Lipinski definition) is 1. The fourth-order valence-electron chi connectivity index (χ4n) is 2.10. The lowest BCUT2D eigenvalue weighted by atomic mass is 9.95. The largest absolute Gasteiger partial charge is 0.320 e. The predicted molar refractivity (Wildman–Crippen MR) is 77.2 cm³/mol. The van der Waals surface area contributed by atoms with Gasteiger partial charge < -0.3 is 5.32 Å². The van der Waals surface area contributed by atoms with Gasteiger partial charge in [-0.1, -0.05) is 26.0 Å². The highest BCUT2D eigenvalue weighted by molar-refractivity contribution is 5.66. The highest BCUT2D eigenvalue weighted by Gasteiger charge is 2.06. The third kappa shape index (κ3) is 4.61. The summed E-state index contributed by atoms with van der Waals surface area (Å²) in [6.45, 7) is 7.20. The SMILES string of the molecule is C=C(CC)c1ccc(F)cc1CCCCCNC. The van der Waals surface area contributed by atoms with Crippen LogP contribution in [-0.2, 0) is 6.42 Å². The molecule has 0 saturated carbocycles. The van der Waals surface area contributed by atoms with Gasteiger partial charge in [-0.3, -0.25) is 0 Å². The zero-order valence-electron chi connectivity index (χ0n) is 11.6. The lowest BCUT2D eigenvalue weighted by molar-refractivity contribution is 0.618. The van der Waals surface area contributed by atoms with Gasteiger partial charge in [0.25, 0.3) is 0 Å². The van der Waals surface area contributed by atoms with E-state index in [0.717, 1.165) is 42.5 Å². The lowest BCUT2D eigenvalue weighted by Gasteiger charge is -2.11. The van der Waals surface area contributed by atoms with Crippen LogP contribution >= 0.6 is 0 Å². The normalized spacial score (nSPS) is 10.6. The van der Waals surface area contributed by atoms with Crippen molar-refractivity contribution in [3.63, 3.8) is 0 Å². The zero-order chi connectivity index (χ0) is 13.4. The summed E-state index contributed by atoms with van der Waals surface area (Å²) in [5.74, 6) is -0.145. The first-order valence-corrected chi connectivity index (χ1v) is 6.80. The minimum absolute atomic E-state index is 0.145. The molecule has 0 bridgehead atoms. The van der Waals surface area contributed by atoms with Gasteiger partial charge in [0.15, 0.2) is 0 Å². The smallest absolute Gasteiger partial charge is 0.123 e. The summed E-state index contributed by atoms with van der Waals surface area (Å²) in [7, 11) is 1.97. The van der Waals surface area contributed by atoms with Crippen LogP contribution in [0.3, 0.4) is 0 Å². The Hall–Kier alpha value is -1.15. The van der Waals surface area contributed by atoms with Gasteiger partial charge in [-0.25, -0.2) is 4.39 Å². The highest BCUT2D eigenvalue weighted by Crippen LogP contribution is 2.23. The van der Waals surface area contributed by atoms with E-state index in [1.165, 1.54) is 18.9 Å². The molecule has 0 amide bonds. The van der Waals surface area contributed by atoms with E-state index in [0.29, 0.717) is 0 Å². The van der Waals surface area contributed by atoms with Crippen molar-refractivity contribution < 1.29 is 4.39 Å². The Balaban J connectivity index is 2.62. The number of nitrogens with one attached hydrogen (secondary N) is 1. The molecule has 2 heteroatoms. The third-order valence-corrected chi connectivity index (χ3v) is 3.25.